The number of halogens is 2. The summed E-state index contributed by atoms with van der Waals surface area (Å²) in [5, 5.41) is 2.57. The van der Waals surface area contributed by atoms with Crippen molar-refractivity contribution in [2.45, 2.75) is 6.92 Å². The Hall–Kier alpha value is -1.19. The van der Waals surface area contributed by atoms with Crippen LogP contribution in [0.15, 0.2) is 24.4 Å². The molecule has 3 aromatic rings. The van der Waals surface area contributed by atoms with Crippen molar-refractivity contribution in [2.75, 3.05) is 0 Å². The fourth-order valence-corrected chi connectivity index (χ4v) is 3.16. The number of pyridine rings is 1. The van der Waals surface area contributed by atoms with Crippen LogP contribution in [0, 0.1) is 12.7 Å². The third kappa shape index (κ3) is 1.32. The Morgan fingerprint density at radius 1 is 1.31 bits per heavy atom. The molecule has 2 heterocycles. The Bertz CT molecular complexity index is 705. The summed E-state index contributed by atoms with van der Waals surface area (Å²) in [5.41, 5.74) is 0.653. The number of aryl methyl sites for hydroxylation is 1. The SMILES string of the molecule is Cc1cc2c(cc1F)sc1c(Cl)nccc12. The summed E-state index contributed by atoms with van der Waals surface area (Å²) in [6.07, 6.45) is 1.68. The van der Waals surface area contributed by atoms with E-state index in [9.17, 15) is 4.39 Å². The molecule has 0 aliphatic carbocycles. The molecular weight excluding hydrogens is 245 g/mol. The summed E-state index contributed by atoms with van der Waals surface area (Å²) in [6, 6.07) is 5.34. The lowest BCUT2D eigenvalue weighted by atomic mass is 10.1. The van der Waals surface area contributed by atoms with E-state index in [0.717, 1.165) is 20.2 Å². The van der Waals surface area contributed by atoms with E-state index in [1.165, 1.54) is 11.3 Å². The first kappa shape index (κ1) is 10.00. The third-order valence-corrected chi connectivity index (χ3v) is 4.20. The lowest BCUT2D eigenvalue weighted by Crippen LogP contribution is -1.79. The maximum atomic E-state index is 13.4. The summed E-state index contributed by atoms with van der Waals surface area (Å²) in [4.78, 5) is 4.03. The van der Waals surface area contributed by atoms with Gasteiger partial charge >= 0.3 is 0 Å². The predicted octanol–water partition coefficient (Wildman–Crippen LogP) is 4.55. The molecular formula is C12H7ClFNS. The second-order valence-electron chi connectivity index (χ2n) is 3.68. The Morgan fingerprint density at radius 3 is 2.94 bits per heavy atom. The van der Waals surface area contributed by atoms with Crippen molar-refractivity contribution >= 4 is 43.1 Å². The molecule has 0 saturated carbocycles. The van der Waals surface area contributed by atoms with E-state index in [1.807, 2.05) is 12.1 Å². The first-order valence-corrected chi connectivity index (χ1v) is 5.99. The average Bonchev–Trinajstić information content (AvgIpc) is 2.59. The van der Waals surface area contributed by atoms with Crippen LogP contribution in [0.1, 0.15) is 5.56 Å². The van der Waals surface area contributed by atoms with Crippen molar-refractivity contribution in [1.29, 1.82) is 0 Å². The van der Waals surface area contributed by atoms with E-state index in [4.69, 9.17) is 11.6 Å². The van der Waals surface area contributed by atoms with Crippen LogP contribution < -0.4 is 0 Å². The third-order valence-electron chi connectivity index (χ3n) is 2.62. The van der Waals surface area contributed by atoms with Crippen LogP contribution in [0.4, 0.5) is 4.39 Å². The molecule has 0 aliphatic heterocycles. The Labute approximate surface area is 100 Å². The zero-order chi connectivity index (χ0) is 11.3. The van der Waals surface area contributed by atoms with Gasteiger partial charge in [0.2, 0.25) is 0 Å². The minimum absolute atomic E-state index is 0.178. The lowest BCUT2D eigenvalue weighted by molar-refractivity contribution is 0.621. The van der Waals surface area contributed by atoms with Gasteiger partial charge in [0.05, 0.1) is 4.70 Å². The molecule has 80 valence electrons. The molecule has 0 saturated heterocycles. The van der Waals surface area contributed by atoms with Crippen molar-refractivity contribution < 1.29 is 4.39 Å². The summed E-state index contributed by atoms with van der Waals surface area (Å²) in [6.45, 7) is 1.76. The number of hydrogen-bond acceptors (Lipinski definition) is 2. The highest BCUT2D eigenvalue weighted by molar-refractivity contribution is 7.26. The van der Waals surface area contributed by atoms with Crippen molar-refractivity contribution in [3.8, 4) is 0 Å². The number of aromatic nitrogens is 1. The quantitative estimate of drug-likeness (QED) is 0.534. The van der Waals surface area contributed by atoms with Crippen LogP contribution in [0.5, 0.6) is 0 Å². The maximum Gasteiger partial charge on any atom is 0.146 e. The van der Waals surface area contributed by atoms with E-state index in [0.29, 0.717) is 10.7 Å². The molecule has 0 aliphatic rings. The lowest BCUT2D eigenvalue weighted by Gasteiger charge is -1.96. The molecule has 4 heteroatoms. The normalized spacial score (nSPS) is 11.4. The van der Waals surface area contributed by atoms with Gasteiger partial charge in [0.25, 0.3) is 0 Å². The Kier molecular flexibility index (Phi) is 2.13. The highest BCUT2D eigenvalue weighted by atomic mass is 35.5. The fraction of sp³-hybridized carbons (Fsp3) is 0.0833. The molecule has 0 bridgehead atoms. The van der Waals surface area contributed by atoms with Gasteiger partial charge in [-0.25, -0.2) is 9.37 Å². The number of benzene rings is 1. The Balaban J connectivity index is 2.56. The van der Waals surface area contributed by atoms with E-state index in [-0.39, 0.29) is 5.82 Å². The first-order chi connectivity index (χ1) is 7.66. The number of hydrogen-bond donors (Lipinski definition) is 0. The van der Waals surface area contributed by atoms with Gasteiger partial charge in [0.15, 0.2) is 0 Å². The molecule has 0 radical (unpaired) electrons. The van der Waals surface area contributed by atoms with Gasteiger partial charge in [-0.1, -0.05) is 11.6 Å². The molecule has 0 unspecified atom stereocenters. The molecule has 0 fully saturated rings. The van der Waals surface area contributed by atoms with Crippen LogP contribution >= 0.6 is 22.9 Å². The molecule has 1 nitrogen and oxygen atoms in total. The number of rotatable bonds is 0. The smallest absolute Gasteiger partial charge is 0.146 e. The molecule has 3 rings (SSSR count). The van der Waals surface area contributed by atoms with E-state index in [1.54, 1.807) is 19.2 Å². The number of nitrogens with zero attached hydrogens (tertiary/aromatic N) is 1. The van der Waals surface area contributed by atoms with E-state index < -0.39 is 0 Å². The van der Waals surface area contributed by atoms with E-state index >= 15 is 0 Å². The predicted molar refractivity (Wildman–Crippen MR) is 66.8 cm³/mol. The number of thiophene rings is 1. The van der Waals surface area contributed by atoms with Gasteiger partial charge in [0.1, 0.15) is 11.0 Å². The van der Waals surface area contributed by atoms with E-state index in [2.05, 4.69) is 4.98 Å². The molecule has 2 aromatic heterocycles. The summed E-state index contributed by atoms with van der Waals surface area (Å²) >= 11 is 7.49. The van der Waals surface area contributed by atoms with Gasteiger partial charge < -0.3 is 0 Å². The summed E-state index contributed by atoms with van der Waals surface area (Å²) in [5.74, 6) is -0.178. The van der Waals surface area contributed by atoms with Crippen molar-refractivity contribution in [3.63, 3.8) is 0 Å². The first-order valence-electron chi connectivity index (χ1n) is 4.79. The second kappa shape index (κ2) is 3.40. The molecule has 0 atom stereocenters. The highest BCUT2D eigenvalue weighted by Crippen LogP contribution is 2.37. The molecule has 0 spiro atoms. The number of fused-ring (bicyclic) bond motifs is 3. The van der Waals surface area contributed by atoms with Gasteiger partial charge in [-0.3, -0.25) is 0 Å². The monoisotopic (exact) mass is 251 g/mol. The maximum absolute atomic E-state index is 13.4. The average molecular weight is 252 g/mol. The van der Waals surface area contributed by atoms with Crippen LogP contribution in [-0.4, -0.2) is 4.98 Å². The van der Waals surface area contributed by atoms with Crippen molar-refractivity contribution in [3.05, 3.63) is 40.9 Å². The molecule has 1 aromatic carbocycles. The van der Waals surface area contributed by atoms with Crippen LogP contribution in [0.2, 0.25) is 5.15 Å². The zero-order valence-electron chi connectivity index (χ0n) is 8.42. The highest BCUT2D eigenvalue weighted by Gasteiger charge is 2.10. The van der Waals surface area contributed by atoms with Gasteiger partial charge in [-0.05, 0) is 30.7 Å². The van der Waals surface area contributed by atoms with Crippen LogP contribution in [-0.2, 0) is 0 Å². The van der Waals surface area contributed by atoms with Gasteiger partial charge in [-0.2, -0.15) is 0 Å². The minimum atomic E-state index is -0.178. The standard InChI is InChI=1S/C12H7ClFNS/c1-6-4-8-7-2-3-15-12(13)11(7)16-10(8)5-9(6)14/h2-5H,1H3. The second-order valence-corrected chi connectivity index (χ2v) is 5.09. The minimum Gasteiger partial charge on any atom is -0.243 e. The molecule has 0 amide bonds. The van der Waals surface area contributed by atoms with Crippen LogP contribution in [0.3, 0.4) is 0 Å². The van der Waals surface area contributed by atoms with Crippen LogP contribution in [0.25, 0.3) is 20.2 Å². The van der Waals surface area contributed by atoms with Crippen molar-refractivity contribution in [1.82, 2.24) is 4.98 Å². The van der Waals surface area contributed by atoms with Gasteiger partial charge in [-0.15, -0.1) is 11.3 Å². The van der Waals surface area contributed by atoms with Crippen molar-refractivity contribution in [2.24, 2.45) is 0 Å². The van der Waals surface area contributed by atoms with Gasteiger partial charge in [0, 0.05) is 21.7 Å². The largest absolute Gasteiger partial charge is 0.243 e. The summed E-state index contributed by atoms with van der Waals surface area (Å²) < 4.78 is 15.3. The zero-order valence-corrected chi connectivity index (χ0v) is 9.99. The Morgan fingerprint density at radius 2 is 2.12 bits per heavy atom. The fourth-order valence-electron chi connectivity index (χ4n) is 1.80. The molecule has 16 heavy (non-hydrogen) atoms. The summed E-state index contributed by atoms with van der Waals surface area (Å²) in [7, 11) is 0. The topological polar surface area (TPSA) is 12.9 Å². The molecule has 0 N–H and O–H groups in total.